The topological polar surface area (TPSA) is 78.9 Å². The first-order valence-electron chi connectivity index (χ1n) is 22.0. The van der Waals surface area contributed by atoms with Gasteiger partial charge in [0.1, 0.15) is 13.2 Å². The Labute approximate surface area is 342 Å². The molecule has 6 nitrogen and oxygen atoms in total. The SMILES string of the molecule is CC\C=C/C=C\C=C/C=C\C=C\C=C/CCCCCC(=O)OCC(COC(=O)CCC/C=C\CCCCCC)OC(=O)CCCCCCC/C=C\C/C=C\CC. The molecular formula is C50H78O6. The van der Waals surface area contributed by atoms with Crippen molar-refractivity contribution < 1.29 is 28.6 Å². The Bertz CT molecular complexity index is 1210. The summed E-state index contributed by atoms with van der Waals surface area (Å²) in [6.45, 7) is 6.23. The van der Waals surface area contributed by atoms with Crippen LogP contribution < -0.4 is 0 Å². The third kappa shape index (κ3) is 41.2. The van der Waals surface area contributed by atoms with Crippen LogP contribution in [0.15, 0.2) is 109 Å². The van der Waals surface area contributed by atoms with Crippen molar-refractivity contribution in [3.8, 4) is 0 Å². The monoisotopic (exact) mass is 775 g/mol. The van der Waals surface area contributed by atoms with Gasteiger partial charge < -0.3 is 14.2 Å². The Kier molecular flexibility index (Phi) is 40.7. The number of carbonyl (C=O) groups excluding carboxylic acids is 3. The van der Waals surface area contributed by atoms with E-state index in [1.807, 2.05) is 60.8 Å². The minimum absolute atomic E-state index is 0.117. The van der Waals surface area contributed by atoms with Gasteiger partial charge in [-0.3, -0.25) is 14.4 Å². The molecule has 0 radical (unpaired) electrons. The largest absolute Gasteiger partial charge is 0.462 e. The molecule has 0 bridgehead atoms. The zero-order chi connectivity index (χ0) is 40.8. The van der Waals surface area contributed by atoms with Gasteiger partial charge in [0.15, 0.2) is 6.10 Å². The first-order chi connectivity index (χ1) is 27.5. The summed E-state index contributed by atoms with van der Waals surface area (Å²) in [7, 11) is 0. The van der Waals surface area contributed by atoms with E-state index in [9.17, 15) is 14.4 Å². The van der Waals surface area contributed by atoms with E-state index in [-0.39, 0.29) is 31.1 Å². The number of hydrogen-bond donors (Lipinski definition) is 0. The van der Waals surface area contributed by atoms with Gasteiger partial charge in [-0.15, -0.1) is 0 Å². The minimum Gasteiger partial charge on any atom is -0.462 e. The van der Waals surface area contributed by atoms with Crippen LogP contribution in [0.4, 0.5) is 0 Å². The van der Waals surface area contributed by atoms with E-state index in [4.69, 9.17) is 14.2 Å². The molecule has 314 valence electrons. The summed E-state index contributed by atoms with van der Waals surface area (Å²) in [4.78, 5) is 37.6. The van der Waals surface area contributed by atoms with E-state index < -0.39 is 6.10 Å². The molecule has 0 amide bonds. The lowest BCUT2D eigenvalue weighted by atomic mass is 10.1. The summed E-state index contributed by atoms with van der Waals surface area (Å²) in [5.74, 6) is -1.02. The fraction of sp³-hybridized carbons (Fsp3) is 0.580. The summed E-state index contributed by atoms with van der Waals surface area (Å²) < 4.78 is 16.6. The lowest BCUT2D eigenvalue weighted by molar-refractivity contribution is -0.167. The number of esters is 3. The van der Waals surface area contributed by atoms with Crippen LogP contribution in [0, 0.1) is 0 Å². The molecule has 0 aromatic carbocycles. The number of ether oxygens (including phenoxy) is 3. The van der Waals surface area contributed by atoms with Gasteiger partial charge in [0.2, 0.25) is 0 Å². The van der Waals surface area contributed by atoms with Gasteiger partial charge in [-0.25, -0.2) is 0 Å². The van der Waals surface area contributed by atoms with Crippen LogP contribution in [-0.4, -0.2) is 37.2 Å². The molecule has 1 atom stereocenters. The Morgan fingerprint density at radius 2 is 0.804 bits per heavy atom. The molecule has 0 heterocycles. The summed E-state index contributed by atoms with van der Waals surface area (Å²) in [5.41, 5.74) is 0. The second kappa shape index (κ2) is 43.8. The van der Waals surface area contributed by atoms with Gasteiger partial charge in [0.25, 0.3) is 0 Å². The highest BCUT2D eigenvalue weighted by atomic mass is 16.6. The maximum absolute atomic E-state index is 12.7. The van der Waals surface area contributed by atoms with Gasteiger partial charge in [0.05, 0.1) is 0 Å². The van der Waals surface area contributed by atoms with E-state index in [1.54, 1.807) is 0 Å². The smallest absolute Gasteiger partial charge is 0.306 e. The second-order valence-electron chi connectivity index (χ2n) is 14.0. The molecule has 1 unspecified atom stereocenters. The predicted molar refractivity (Wildman–Crippen MR) is 237 cm³/mol. The van der Waals surface area contributed by atoms with Crippen LogP contribution in [0.3, 0.4) is 0 Å². The number of rotatable bonds is 37. The van der Waals surface area contributed by atoms with Crippen molar-refractivity contribution in [2.75, 3.05) is 13.2 Å². The lowest BCUT2D eigenvalue weighted by Gasteiger charge is -2.18. The molecular weight excluding hydrogens is 697 g/mol. The van der Waals surface area contributed by atoms with Gasteiger partial charge in [-0.1, -0.05) is 175 Å². The van der Waals surface area contributed by atoms with Crippen molar-refractivity contribution in [1.82, 2.24) is 0 Å². The number of hydrogen-bond acceptors (Lipinski definition) is 6. The molecule has 0 aromatic heterocycles. The van der Waals surface area contributed by atoms with Crippen LogP contribution in [0.1, 0.15) is 168 Å². The molecule has 6 heteroatoms. The van der Waals surface area contributed by atoms with Crippen molar-refractivity contribution in [1.29, 1.82) is 0 Å². The second-order valence-corrected chi connectivity index (χ2v) is 14.0. The van der Waals surface area contributed by atoms with E-state index in [1.165, 1.54) is 25.7 Å². The molecule has 56 heavy (non-hydrogen) atoms. The Hall–Kier alpha value is -3.93. The Morgan fingerprint density at radius 3 is 1.39 bits per heavy atom. The van der Waals surface area contributed by atoms with Gasteiger partial charge in [-0.2, -0.15) is 0 Å². The first-order valence-corrected chi connectivity index (χ1v) is 22.0. The van der Waals surface area contributed by atoms with Gasteiger partial charge in [-0.05, 0) is 83.5 Å². The molecule has 0 rings (SSSR count). The zero-order valence-corrected chi connectivity index (χ0v) is 35.6. The third-order valence-electron chi connectivity index (χ3n) is 8.65. The molecule has 0 saturated carbocycles. The average Bonchev–Trinajstić information content (AvgIpc) is 3.19. The number of unbranched alkanes of at least 4 members (excludes halogenated alkanes) is 13. The Balaban J connectivity index is 4.53. The van der Waals surface area contributed by atoms with Crippen molar-refractivity contribution in [3.05, 3.63) is 109 Å². The fourth-order valence-corrected chi connectivity index (χ4v) is 5.39. The molecule has 0 aliphatic heterocycles. The zero-order valence-electron chi connectivity index (χ0n) is 35.6. The molecule has 0 saturated heterocycles. The average molecular weight is 775 g/mol. The first kappa shape index (κ1) is 52.1. The van der Waals surface area contributed by atoms with E-state index in [2.05, 4.69) is 69.4 Å². The molecule has 0 aliphatic carbocycles. The van der Waals surface area contributed by atoms with Crippen LogP contribution >= 0.6 is 0 Å². The van der Waals surface area contributed by atoms with Crippen LogP contribution in [-0.2, 0) is 28.6 Å². The minimum atomic E-state index is -0.814. The lowest BCUT2D eigenvalue weighted by Crippen LogP contribution is -2.30. The van der Waals surface area contributed by atoms with Gasteiger partial charge in [0, 0.05) is 19.3 Å². The third-order valence-corrected chi connectivity index (χ3v) is 8.65. The van der Waals surface area contributed by atoms with E-state index >= 15 is 0 Å². The number of carbonyl (C=O) groups is 3. The van der Waals surface area contributed by atoms with E-state index in [0.29, 0.717) is 25.7 Å². The normalized spacial score (nSPS) is 13.1. The van der Waals surface area contributed by atoms with Crippen molar-refractivity contribution in [2.45, 2.75) is 175 Å². The maximum Gasteiger partial charge on any atom is 0.306 e. The van der Waals surface area contributed by atoms with Gasteiger partial charge >= 0.3 is 17.9 Å². The van der Waals surface area contributed by atoms with Crippen molar-refractivity contribution in [3.63, 3.8) is 0 Å². The molecule has 0 N–H and O–H groups in total. The summed E-state index contributed by atoms with van der Waals surface area (Å²) in [6, 6.07) is 0. The highest BCUT2D eigenvalue weighted by Crippen LogP contribution is 2.11. The quantitative estimate of drug-likeness (QED) is 0.0206. The van der Waals surface area contributed by atoms with Crippen molar-refractivity contribution >= 4 is 17.9 Å². The maximum atomic E-state index is 12.7. The van der Waals surface area contributed by atoms with Crippen LogP contribution in [0.5, 0.6) is 0 Å². The number of allylic oxidation sites excluding steroid dienone is 18. The molecule has 0 aliphatic rings. The molecule has 0 spiro atoms. The molecule has 0 aromatic rings. The highest BCUT2D eigenvalue weighted by molar-refractivity contribution is 5.71. The Morgan fingerprint density at radius 1 is 0.393 bits per heavy atom. The van der Waals surface area contributed by atoms with E-state index in [0.717, 1.165) is 96.3 Å². The summed E-state index contributed by atoms with van der Waals surface area (Å²) in [6.07, 6.45) is 57.9. The fourth-order valence-electron chi connectivity index (χ4n) is 5.39. The van der Waals surface area contributed by atoms with Crippen LogP contribution in [0.2, 0.25) is 0 Å². The highest BCUT2D eigenvalue weighted by Gasteiger charge is 2.19. The standard InChI is InChI=1S/C50H78O6/c1-4-7-10-13-16-19-21-23-24-25-26-27-29-31-34-37-40-43-49(52)55-46-47(45-54-48(51)42-39-36-33-30-18-15-12-9-6-3)56-50(53)44-41-38-35-32-28-22-20-17-14-11-8-5-2/h7-8,10-11,13,16-17,19-21,23-27,29-30,33,47H,4-6,9,12,14-15,18,22,28,31-32,34-46H2,1-3H3/b10-7-,11-8-,16-13-,20-17-,21-19-,24-23-,26-25+,29-27-,33-30-. The predicted octanol–water partition coefficient (Wildman–Crippen LogP) is 14.0. The molecule has 0 fully saturated rings. The summed E-state index contributed by atoms with van der Waals surface area (Å²) in [5, 5.41) is 0. The van der Waals surface area contributed by atoms with Crippen molar-refractivity contribution in [2.24, 2.45) is 0 Å². The van der Waals surface area contributed by atoms with Crippen LogP contribution in [0.25, 0.3) is 0 Å². The summed E-state index contributed by atoms with van der Waals surface area (Å²) >= 11 is 0.